The number of rotatable bonds is 12. The maximum Gasteiger partial charge on any atom is 0.264 e. The van der Waals surface area contributed by atoms with Crippen LogP contribution in [0.3, 0.4) is 0 Å². The summed E-state index contributed by atoms with van der Waals surface area (Å²) in [6.07, 6.45) is 5.00. The van der Waals surface area contributed by atoms with Gasteiger partial charge in [-0.2, -0.15) is 0 Å². The summed E-state index contributed by atoms with van der Waals surface area (Å²) >= 11 is 0. The Morgan fingerprint density at radius 1 is 0.830 bits per heavy atom. The minimum atomic E-state index is -4.22. The highest BCUT2D eigenvalue weighted by molar-refractivity contribution is 7.92. The summed E-state index contributed by atoms with van der Waals surface area (Å²) in [5, 5.41) is 3.17. The summed E-state index contributed by atoms with van der Waals surface area (Å²) < 4.78 is 44.7. The lowest BCUT2D eigenvalue weighted by Crippen LogP contribution is -2.55. The fourth-order valence-electron chi connectivity index (χ4n) is 6.10. The molecule has 0 aromatic heterocycles. The van der Waals surface area contributed by atoms with E-state index in [1.54, 1.807) is 61.5 Å². The molecule has 4 aromatic rings. The van der Waals surface area contributed by atoms with Crippen molar-refractivity contribution in [1.29, 1.82) is 0 Å². The van der Waals surface area contributed by atoms with Crippen LogP contribution < -0.4 is 9.62 Å². The maximum atomic E-state index is 15.2. The van der Waals surface area contributed by atoms with Gasteiger partial charge in [-0.1, -0.05) is 104 Å². The SMILES string of the molecule is Cc1ccc(S(=O)(=O)N(CC(=O)N(Cc2ccccc2F)[C@@H](Cc2ccccc2)C(=O)NC2CCCCC2)c2ccccc2C)cc1. The minimum Gasteiger partial charge on any atom is -0.352 e. The Labute approximate surface area is 277 Å². The third kappa shape index (κ3) is 8.46. The van der Waals surface area contributed by atoms with Crippen molar-refractivity contribution in [3.05, 3.63) is 131 Å². The first-order chi connectivity index (χ1) is 22.6. The van der Waals surface area contributed by atoms with E-state index in [0.717, 1.165) is 47.5 Å². The smallest absolute Gasteiger partial charge is 0.264 e. The number of nitrogens with one attached hydrogen (secondary N) is 1. The van der Waals surface area contributed by atoms with Gasteiger partial charge in [0.05, 0.1) is 10.6 Å². The third-order valence-electron chi connectivity index (χ3n) is 8.79. The molecule has 0 saturated heterocycles. The van der Waals surface area contributed by atoms with Crippen LogP contribution in [0.25, 0.3) is 0 Å². The van der Waals surface area contributed by atoms with E-state index in [1.807, 2.05) is 37.3 Å². The molecule has 246 valence electrons. The average molecular weight is 656 g/mol. The highest BCUT2D eigenvalue weighted by atomic mass is 32.2. The molecular formula is C38H42FN3O4S. The van der Waals surface area contributed by atoms with Crippen molar-refractivity contribution in [3.63, 3.8) is 0 Å². The molecule has 0 bridgehead atoms. The number of halogens is 1. The van der Waals surface area contributed by atoms with Crippen LogP contribution in [0.15, 0.2) is 108 Å². The largest absolute Gasteiger partial charge is 0.352 e. The predicted octanol–water partition coefficient (Wildman–Crippen LogP) is 6.73. The molecular weight excluding hydrogens is 614 g/mol. The lowest BCUT2D eigenvalue weighted by atomic mass is 9.94. The van der Waals surface area contributed by atoms with Crippen LogP contribution in [0.4, 0.5) is 10.1 Å². The van der Waals surface area contributed by atoms with E-state index in [2.05, 4.69) is 5.32 Å². The van der Waals surface area contributed by atoms with Gasteiger partial charge in [-0.3, -0.25) is 13.9 Å². The Balaban J connectivity index is 1.58. The van der Waals surface area contributed by atoms with Gasteiger partial charge >= 0.3 is 0 Å². The molecule has 0 spiro atoms. The number of nitrogens with zero attached hydrogens (tertiary/aromatic N) is 2. The molecule has 4 aromatic carbocycles. The van der Waals surface area contributed by atoms with Gasteiger partial charge in [-0.15, -0.1) is 0 Å². The van der Waals surface area contributed by atoms with Crippen LogP contribution in [0.5, 0.6) is 0 Å². The van der Waals surface area contributed by atoms with E-state index in [1.165, 1.54) is 23.1 Å². The normalized spacial score (nSPS) is 14.3. The van der Waals surface area contributed by atoms with Gasteiger partial charge in [0.25, 0.3) is 10.0 Å². The Bertz CT molecular complexity index is 1770. The Kier molecular flexibility index (Phi) is 11.1. The summed E-state index contributed by atoms with van der Waals surface area (Å²) in [5.74, 6) is -1.47. The maximum absolute atomic E-state index is 15.2. The molecule has 1 aliphatic carbocycles. The standard InChI is InChI=1S/C38H42FN3O4S/c1-28-21-23-33(24-22-28)47(45,46)42(35-20-12-9-13-29(35)2)27-37(43)41(26-31-16-10-11-19-34(31)39)36(25-30-14-5-3-6-15-30)38(44)40-32-17-7-4-8-18-32/h3,5-6,9-16,19-24,32,36H,4,7-8,17-18,25-27H2,1-2H3,(H,40,44)/t36-/m0/s1. The van der Waals surface area contributed by atoms with Crippen molar-refractivity contribution < 1.29 is 22.4 Å². The van der Waals surface area contributed by atoms with Crippen LogP contribution in [-0.4, -0.2) is 43.8 Å². The molecule has 2 amide bonds. The van der Waals surface area contributed by atoms with Crippen molar-refractivity contribution in [1.82, 2.24) is 10.2 Å². The first kappa shape index (κ1) is 33.9. The van der Waals surface area contributed by atoms with E-state index in [-0.39, 0.29) is 35.4 Å². The number of hydrogen-bond donors (Lipinski definition) is 1. The van der Waals surface area contributed by atoms with Crippen LogP contribution in [-0.2, 0) is 32.6 Å². The number of aryl methyl sites for hydroxylation is 2. The molecule has 0 unspecified atom stereocenters. The zero-order chi connectivity index (χ0) is 33.4. The lowest BCUT2D eigenvalue weighted by Gasteiger charge is -2.35. The number of amides is 2. The van der Waals surface area contributed by atoms with Crippen molar-refractivity contribution in [2.24, 2.45) is 0 Å². The van der Waals surface area contributed by atoms with Gasteiger partial charge < -0.3 is 10.2 Å². The van der Waals surface area contributed by atoms with E-state index in [9.17, 15) is 18.0 Å². The van der Waals surface area contributed by atoms with Gasteiger partial charge in [-0.25, -0.2) is 12.8 Å². The summed E-state index contributed by atoms with van der Waals surface area (Å²) in [6, 6.07) is 27.9. The van der Waals surface area contributed by atoms with Gasteiger partial charge in [0, 0.05) is 24.6 Å². The number of sulfonamides is 1. The molecule has 1 N–H and O–H groups in total. The molecule has 7 nitrogen and oxygen atoms in total. The molecule has 0 radical (unpaired) electrons. The number of carbonyl (C=O) groups excluding carboxylic acids is 2. The third-order valence-corrected chi connectivity index (χ3v) is 10.6. The summed E-state index contributed by atoms with van der Waals surface area (Å²) in [4.78, 5) is 30.2. The topological polar surface area (TPSA) is 86.8 Å². The number of benzene rings is 4. The van der Waals surface area contributed by atoms with Crippen LogP contribution in [0.1, 0.15) is 54.4 Å². The van der Waals surface area contributed by atoms with Gasteiger partial charge in [-0.05, 0) is 62.1 Å². The molecule has 1 fully saturated rings. The summed E-state index contributed by atoms with van der Waals surface area (Å²) in [6.45, 7) is 2.85. The molecule has 47 heavy (non-hydrogen) atoms. The zero-order valence-electron chi connectivity index (χ0n) is 26.9. The average Bonchev–Trinajstić information content (AvgIpc) is 3.07. The van der Waals surface area contributed by atoms with Gasteiger partial charge in [0.15, 0.2) is 0 Å². The number of carbonyl (C=O) groups is 2. The van der Waals surface area contributed by atoms with Crippen LogP contribution in [0.2, 0.25) is 0 Å². The van der Waals surface area contributed by atoms with Gasteiger partial charge in [0.2, 0.25) is 11.8 Å². The number of para-hydroxylation sites is 1. The zero-order valence-corrected chi connectivity index (χ0v) is 27.8. The Morgan fingerprint density at radius 3 is 2.15 bits per heavy atom. The van der Waals surface area contributed by atoms with Crippen molar-refractivity contribution in [3.8, 4) is 0 Å². The molecule has 1 atom stereocenters. The number of hydrogen-bond acceptors (Lipinski definition) is 4. The lowest BCUT2D eigenvalue weighted by molar-refractivity contribution is -0.140. The molecule has 9 heteroatoms. The van der Waals surface area contributed by atoms with Crippen molar-refractivity contribution in [2.75, 3.05) is 10.8 Å². The first-order valence-electron chi connectivity index (χ1n) is 16.2. The Morgan fingerprint density at radius 2 is 1.47 bits per heavy atom. The highest BCUT2D eigenvalue weighted by Gasteiger charge is 2.36. The summed E-state index contributed by atoms with van der Waals surface area (Å²) in [7, 11) is -4.22. The second kappa shape index (κ2) is 15.4. The first-order valence-corrected chi connectivity index (χ1v) is 17.6. The molecule has 1 aliphatic rings. The predicted molar refractivity (Wildman–Crippen MR) is 183 cm³/mol. The fourth-order valence-corrected chi connectivity index (χ4v) is 7.58. The Hall–Kier alpha value is -4.50. The summed E-state index contributed by atoms with van der Waals surface area (Å²) in [5.41, 5.74) is 2.95. The van der Waals surface area contributed by atoms with Crippen molar-refractivity contribution >= 4 is 27.5 Å². The second-order valence-corrected chi connectivity index (χ2v) is 14.1. The van der Waals surface area contributed by atoms with E-state index < -0.39 is 34.3 Å². The van der Waals surface area contributed by atoms with Crippen LogP contribution >= 0.6 is 0 Å². The second-order valence-electron chi connectivity index (χ2n) is 12.3. The molecule has 5 rings (SSSR count). The van der Waals surface area contributed by atoms with E-state index in [4.69, 9.17) is 0 Å². The highest BCUT2D eigenvalue weighted by Crippen LogP contribution is 2.28. The number of anilines is 1. The fraction of sp³-hybridized carbons (Fsp3) is 0.316. The van der Waals surface area contributed by atoms with Crippen molar-refractivity contribution in [2.45, 2.75) is 75.9 Å². The minimum absolute atomic E-state index is 0.0229. The molecule has 1 saturated carbocycles. The monoisotopic (exact) mass is 655 g/mol. The molecule has 0 aliphatic heterocycles. The van der Waals surface area contributed by atoms with E-state index in [0.29, 0.717) is 11.3 Å². The van der Waals surface area contributed by atoms with E-state index >= 15 is 4.39 Å². The quantitative estimate of drug-likeness (QED) is 0.184. The molecule has 0 heterocycles. The van der Waals surface area contributed by atoms with Crippen LogP contribution in [0, 0.1) is 19.7 Å². The van der Waals surface area contributed by atoms with Gasteiger partial charge in [0.1, 0.15) is 18.4 Å².